The van der Waals surface area contributed by atoms with E-state index in [1.807, 2.05) is 24.4 Å². The van der Waals surface area contributed by atoms with Crippen molar-refractivity contribution < 1.29 is 9.59 Å². The van der Waals surface area contributed by atoms with Crippen LogP contribution < -0.4 is 10.9 Å². The second kappa shape index (κ2) is 7.33. The Kier molecular flexibility index (Phi) is 4.97. The maximum absolute atomic E-state index is 11.9. The topological polar surface area (TPSA) is 88.4 Å². The van der Waals surface area contributed by atoms with Crippen LogP contribution in [0.5, 0.6) is 0 Å². The molecule has 0 saturated carbocycles. The van der Waals surface area contributed by atoms with Gasteiger partial charge in [0.25, 0.3) is 5.91 Å². The number of nitrogens with zero attached hydrogens (tertiary/aromatic N) is 3. The summed E-state index contributed by atoms with van der Waals surface area (Å²) in [6, 6.07) is 11.9. The van der Waals surface area contributed by atoms with E-state index >= 15 is 0 Å². The van der Waals surface area contributed by atoms with Crippen LogP contribution in [0.2, 0.25) is 5.02 Å². The van der Waals surface area contributed by atoms with Crippen molar-refractivity contribution in [3.05, 3.63) is 59.2 Å². The zero-order valence-electron chi connectivity index (χ0n) is 12.3. The van der Waals surface area contributed by atoms with Crippen molar-refractivity contribution in [3.63, 3.8) is 0 Å². The van der Waals surface area contributed by atoms with Crippen molar-refractivity contribution in [3.8, 4) is 0 Å². The highest BCUT2D eigenvalue weighted by Gasteiger charge is 2.10. The fourth-order valence-electron chi connectivity index (χ4n) is 1.88. The molecule has 7 nitrogen and oxygen atoms in total. The van der Waals surface area contributed by atoms with Crippen molar-refractivity contribution in [2.24, 2.45) is 0 Å². The molecule has 2 aromatic heterocycles. The molecule has 24 heavy (non-hydrogen) atoms. The second-order valence-electron chi connectivity index (χ2n) is 4.71. The van der Waals surface area contributed by atoms with Crippen LogP contribution in [-0.2, 0) is 4.79 Å². The first-order valence-electron chi connectivity index (χ1n) is 6.91. The zero-order valence-corrected chi connectivity index (χ0v) is 13.8. The predicted molar refractivity (Wildman–Crippen MR) is 90.8 cm³/mol. The third kappa shape index (κ3) is 3.84. The molecule has 3 rings (SSSR count). The van der Waals surface area contributed by atoms with Gasteiger partial charge in [0, 0.05) is 16.8 Å². The first kappa shape index (κ1) is 16.3. The molecule has 0 unspecified atom stereocenters. The maximum Gasteiger partial charge on any atom is 0.269 e. The number of hydrazine groups is 1. The van der Waals surface area contributed by atoms with Gasteiger partial charge in [-0.25, -0.2) is 0 Å². The Hall–Kier alpha value is -2.58. The van der Waals surface area contributed by atoms with E-state index in [1.54, 1.807) is 28.7 Å². The Balaban J connectivity index is 1.51. The molecule has 0 radical (unpaired) electrons. The van der Waals surface area contributed by atoms with E-state index in [0.717, 1.165) is 0 Å². The van der Waals surface area contributed by atoms with Gasteiger partial charge in [0.1, 0.15) is 0 Å². The average molecular weight is 362 g/mol. The number of hydrogen-bond donors (Lipinski definition) is 2. The summed E-state index contributed by atoms with van der Waals surface area (Å²) in [4.78, 5) is 23.7. The number of fused-ring (bicyclic) bond motifs is 1. The van der Waals surface area contributed by atoms with E-state index in [-0.39, 0.29) is 11.7 Å². The first-order chi connectivity index (χ1) is 11.6. The highest BCUT2D eigenvalue weighted by molar-refractivity contribution is 7.99. The highest BCUT2D eigenvalue weighted by Crippen LogP contribution is 2.16. The van der Waals surface area contributed by atoms with Gasteiger partial charge in [-0.05, 0) is 36.4 Å². The molecule has 0 aliphatic rings. The monoisotopic (exact) mass is 361 g/mol. The molecule has 0 aliphatic carbocycles. The Morgan fingerprint density at radius 3 is 2.67 bits per heavy atom. The second-order valence-corrected chi connectivity index (χ2v) is 6.09. The fourth-order valence-corrected chi connectivity index (χ4v) is 2.73. The Morgan fingerprint density at radius 1 is 1.08 bits per heavy atom. The largest absolute Gasteiger partial charge is 0.277 e. The number of amides is 2. The zero-order chi connectivity index (χ0) is 16.9. The quantitative estimate of drug-likeness (QED) is 0.547. The molecule has 3 aromatic rings. The van der Waals surface area contributed by atoms with E-state index in [1.165, 1.54) is 11.8 Å². The number of benzene rings is 1. The van der Waals surface area contributed by atoms with E-state index < -0.39 is 5.91 Å². The lowest BCUT2D eigenvalue weighted by molar-refractivity contribution is -0.119. The molecule has 0 bridgehead atoms. The number of carbonyl (C=O) groups excluding carboxylic acids is 2. The van der Waals surface area contributed by atoms with Gasteiger partial charge in [-0.1, -0.05) is 29.4 Å². The summed E-state index contributed by atoms with van der Waals surface area (Å²) in [6.07, 6.45) is 1.82. The molecule has 2 heterocycles. The Bertz CT molecular complexity index is 881. The lowest BCUT2D eigenvalue weighted by Crippen LogP contribution is -2.42. The van der Waals surface area contributed by atoms with Crippen LogP contribution in [0.3, 0.4) is 0 Å². The van der Waals surface area contributed by atoms with Gasteiger partial charge >= 0.3 is 0 Å². The van der Waals surface area contributed by atoms with E-state index in [4.69, 9.17) is 11.6 Å². The number of hydrogen-bond acceptors (Lipinski definition) is 5. The lowest BCUT2D eigenvalue weighted by Gasteiger charge is -2.07. The molecule has 2 amide bonds. The van der Waals surface area contributed by atoms with E-state index in [0.29, 0.717) is 21.4 Å². The van der Waals surface area contributed by atoms with Crippen LogP contribution in [0.4, 0.5) is 0 Å². The van der Waals surface area contributed by atoms with Crippen molar-refractivity contribution >= 4 is 40.8 Å². The number of thioether (sulfide) groups is 1. The summed E-state index contributed by atoms with van der Waals surface area (Å²) in [6.45, 7) is 0. The van der Waals surface area contributed by atoms with Crippen LogP contribution in [-0.4, -0.2) is 32.2 Å². The molecular formula is C15H12ClN5O2S. The van der Waals surface area contributed by atoms with Crippen LogP contribution >= 0.6 is 23.4 Å². The van der Waals surface area contributed by atoms with Gasteiger partial charge < -0.3 is 0 Å². The molecule has 0 spiro atoms. The van der Waals surface area contributed by atoms with E-state index in [2.05, 4.69) is 21.0 Å². The number of pyridine rings is 1. The molecule has 0 fully saturated rings. The Labute approximate surface area is 146 Å². The Morgan fingerprint density at radius 2 is 1.88 bits per heavy atom. The number of halogens is 1. The minimum Gasteiger partial charge on any atom is -0.277 e. The summed E-state index contributed by atoms with van der Waals surface area (Å²) in [5, 5.41) is 9.15. The molecule has 9 heteroatoms. The fraction of sp³-hybridized carbons (Fsp3) is 0.0667. The number of rotatable bonds is 4. The van der Waals surface area contributed by atoms with Crippen LogP contribution in [0.1, 0.15) is 10.4 Å². The first-order valence-corrected chi connectivity index (χ1v) is 8.27. The number of carbonyl (C=O) groups is 2. The predicted octanol–water partition coefficient (Wildman–Crippen LogP) is 1.94. The van der Waals surface area contributed by atoms with Gasteiger partial charge in [-0.3, -0.25) is 24.8 Å². The van der Waals surface area contributed by atoms with Crippen molar-refractivity contribution in [2.75, 3.05) is 5.75 Å². The minimum atomic E-state index is -0.419. The highest BCUT2D eigenvalue weighted by atomic mass is 35.5. The average Bonchev–Trinajstić information content (AvgIpc) is 3.01. The molecule has 2 N–H and O–H groups in total. The third-order valence-corrected chi connectivity index (χ3v) is 4.23. The normalized spacial score (nSPS) is 10.5. The molecule has 122 valence electrons. The van der Waals surface area contributed by atoms with Gasteiger partial charge in [-0.15, -0.1) is 10.2 Å². The lowest BCUT2D eigenvalue weighted by atomic mass is 10.2. The number of aromatic nitrogens is 3. The molecular weight excluding hydrogens is 350 g/mol. The van der Waals surface area contributed by atoms with Crippen LogP contribution in [0.15, 0.2) is 53.8 Å². The van der Waals surface area contributed by atoms with Crippen LogP contribution in [0, 0.1) is 0 Å². The maximum atomic E-state index is 11.9. The molecule has 0 saturated heterocycles. The summed E-state index contributed by atoms with van der Waals surface area (Å²) in [5.74, 6) is -0.677. The van der Waals surface area contributed by atoms with Gasteiger partial charge in [0.2, 0.25) is 5.91 Å². The van der Waals surface area contributed by atoms with E-state index in [9.17, 15) is 9.59 Å². The minimum absolute atomic E-state index is 0.0938. The molecule has 0 atom stereocenters. The van der Waals surface area contributed by atoms with Crippen molar-refractivity contribution in [1.29, 1.82) is 0 Å². The summed E-state index contributed by atoms with van der Waals surface area (Å²) in [5.41, 5.74) is 5.81. The molecule has 1 aromatic carbocycles. The molecule has 0 aliphatic heterocycles. The standard InChI is InChI=1S/C15H12ClN5O2S/c16-11-6-4-10(5-7-11)14(23)19-18-13(22)9-24-15-20-17-12-3-1-2-8-21(12)15/h1-8H,9H2,(H,18,22)(H,19,23). The van der Waals surface area contributed by atoms with Crippen molar-refractivity contribution in [1.82, 2.24) is 25.4 Å². The van der Waals surface area contributed by atoms with Crippen LogP contribution in [0.25, 0.3) is 5.65 Å². The van der Waals surface area contributed by atoms with Gasteiger partial charge in [0.15, 0.2) is 10.8 Å². The number of nitrogens with one attached hydrogen (secondary N) is 2. The summed E-state index contributed by atoms with van der Waals surface area (Å²) < 4.78 is 1.78. The third-order valence-electron chi connectivity index (χ3n) is 3.04. The van der Waals surface area contributed by atoms with Crippen molar-refractivity contribution in [2.45, 2.75) is 5.16 Å². The summed E-state index contributed by atoms with van der Waals surface area (Å²) in [7, 11) is 0. The van der Waals surface area contributed by atoms with Gasteiger partial charge in [0.05, 0.1) is 5.75 Å². The van der Waals surface area contributed by atoms with Gasteiger partial charge in [-0.2, -0.15) is 0 Å². The summed E-state index contributed by atoms with van der Waals surface area (Å²) >= 11 is 6.98. The SMILES string of the molecule is O=C(CSc1nnc2ccccn12)NNC(=O)c1ccc(Cl)cc1. The smallest absolute Gasteiger partial charge is 0.269 e.